The molecule has 180 valence electrons. The molecule has 0 aromatic heterocycles. The number of aliphatic hydroxyl groups is 1. The van der Waals surface area contributed by atoms with E-state index in [-0.39, 0.29) is 13.2 Å². The van der Waals surface area contributed by atoms with E-state index in [0.29, 0.717) is 13.2 Å². The highest BCUT2D eigenvalue weighted by molar-refractivity contribution is 5.29. The van der Waals surface area contributed by atoms with Gasteiger partial charge < -0.3 is 19.3 Å². The van der Waals surface area contributed by atoms with Gasteiger partial charge in [-0.2, -0.15) is 0 Å². The number of nitrogens with zero attached hydrogens (tertiary/aromatic N) is 2. The molecular weight excluding hydrogens is 416 g/mol. The Bertz CT molecular complexity index is 853. The van der Waals surface area contributed by atoms with Gasteiger partial charge in [0.25, 0.3) is 0 Å². The predicted octanol–water partition coefficient (Wildman–Crippen LogP) is 3.50. The smallest absolute Gasteiger partial charge is 0.134 e. The molecule has 0 spiro atoms. The quantitative estimate of drug-likeness (QED) is 0.626. The average Bonchev–Trinajstić information content (AvgIpc) is 3.01. The van der Waals surface area contributed by atoms with Crippen LogP contribution in [0.25, 0.3) is 0 Å². The van der Waals surface area contributed by atoms with Crippen molar-refractivity contribution in [3.8, 4) is 11.5 Å². The monoisotopic (exact) mass is 454 g/mol. The summed E-state index contributed by atoms with van der Waals surface area (Å²) in [6.45, 7) is 9.21. The summed E-state index contributed by atoms with van der Waals surface area (Å²) in [5, 5.41) is 11.2. The van der Waals surface area contributed by atoms with Crippen molar-refractivity contribution in [2.45, 2.75) is 38.3 Å². The van der Waals surface area contributed by atoms with Gasteiger partial charge in [-0.15, -0.1) is 0 Å². The Morgan fingerprint density at radius 1 is 0.939 bits per heavy atom. The average molecular weight is 455 g/mol. The van der Waals surface area contributed by atoms with Crippen LogP contribution in [0.15, 0.2) is 48.5 Å². The van der Waals surface area contributed by atoms with Gasteiger partial charge in [0.05, 0.1) is 13.2 Å². The lowest BCUT2D eigenvalue weighted by molar-refractivity contribution is -0.0646. The van der Waals surface area contributed by atoms with Gasteiger partial charge in [-0.1, -0.05) is 36.2 Å². The molecule has 6 nitrogen and oxygen atoms in total. The zero-order valence-electron chi connectivity index (χ0n) is 19.9. The molecular formula is C27H38N2O4. The first kappa shape index (κ1) is 24.0. The molecule has 2 aliphatic heterocycles. The van der Waals surface area contributed by atoms with Crippen molar-refractivity contribution in [3.63, 3.8) is 0 Å². The lowest BCUT2D eigenvalue weighted by atomic mass is 10.1. The Balaban J connectivity index is 1.28. The van der Waals surface area contributed by atoms with Crippen LogP contribution in [0.4, 0.5) is 0 Å². The van der Waals surface area contributed by atoms with Crippen molar-refractivity contribution in [1.29, 1.82) is 0 Å². The molecule has 0 amide bonds. The van der Waals surface area contributed by atoms with Gasteiger partial charge in [0.2, 0.25) is 0 Å². The third-order valence-electron chi connectivity index (χ3n) is 6.40. The first-order valence-corrected chi connectivity index (χ1v) is 12.2. The lowest BCUT2D eigenvalue weighted by Gasteiger charge is -2.30. The third kappa shape index (κ3) is 7.71. The molecule has 2 aromatic carbocycles. The maximum absolute atomic E-state index is 11.2. The van der Waals surface area contributed by atoms with Crippen LogP contribution < -0.4 is 9.47 Å². The van der Waals surface area contributed by atoms with Crippen LogP contribution in [-0.4, -0.2) is 79.7 Å². The first-order valence-electron chi connectivity index (χ1n) is 12.2. The number of β-amino-alcohol motifs (C(OH)–C–C–N with tert-alkyl or cyclic N) is 1. The van der Waals surface area contributed by atoms with Crippen molar-refractivity contribution < 1.29 is 19.3 Å². The fraction of sp³-hybridized carbons (Fsp3) is 0.556. The van der Waals surface area contributed by atoms with Crippen LogP contribution >= 0.6 is 0 Å². The van der Waals surface area contributed by atoms with E-state index in [1.54, 1.807) is 0 Å². The number of likely N-dealkylation sites (tertiary alicyclic amines) is 1. The standard InChI is InChI=1S/C27H38N2O4/c1-23-8-10-25(11-9-23)33-22-27(30)20-29(14-16-31-21-27)19-24-6-5-7-26(18-24)32-17-15-28-12-3-2-4-13-28/h5-11,18,30H,2-4,12-17,19-22H2,1H3/t27-/m1/s1. The SMILES string of the molecule is Cc1ccc(OC[C@]2(O)COCCN(Cc3cccc(OCCN4CCCCC4)c3)C2)cc1. The first-order chi connectivity index (χ1) is 16.1. The Labute approximate surface area is 198 Å². The number of benzene rings is 2. The number of ether oxygens (including phenoxy) is 3. The number of hydrogen-bond acceptors (Lipinski definition) is 6. The second-order valence-electron chi connectivity index (χ2n) is 9.49. The second kappa shape index (κ2) is 11.8. The molecule has 6 heteroatoms. The lowest BCUT2D eigenvalue weighted by Crippen LogP contribution is -2.48. The van der Waals surface area contributed by atoms with Gasteiger partial charge in [-0.05, 0) is 62.7 Å². The predicted molar refractivity (Wildman–Crippen MR) is 130 cm³/mol. The summed E-state index contributed by atoms with van der Waals surface area (Å²) in [7, 11) is 0. The minimum atomic E-state index is -1.05. The summed E-state index contributed by atoms with van der Waals surface area (Å²) in [6, 6.07) is 16.2. The molecule has 4 rings (SSSR count). The number of aryl methyl sites for hydroxylation is 1. The van der Waals surface area contributed by atoms with Crippen LogP contribution in [-0.2, 0) is 11.3 Å². The van der Waals surface area contributed by atoms with E-state index in [1.165, 1.54) is 43.5 Å². The van der Waals surface area contributed by atoms with Crippen molar-refractivity contribution in [1.82, 2.24) is 9.80 Å². The van der Waals surface area contributed by atoms with E-state index >= 15 is 0 Å². The number of rotatable bonds is 9. The summed E-state index contributed by atoms with van der Waals surface area (Å²) >= 11 is 0. The Morgan fingerprint density at radius 2 is 1.76 bits per heavy atom. The highest BCUT2D eigenvalue weighted by atomic mass is 16.5. The van der Waals surface area contributed by atoms with E-state index in [4.69, 9.17) is 14.2 Å². The summed E-state index contributed by atoms with van der Waals surface area (Å²) < 4.78 is 17.7. The molecule has 0 aliphatic carbocycles. The highest BCUT2D eigenvalue weighted by Gasteiger charge is 2.33. The molecule has 2 saturated heterocycles. The second-order valence-corrected chi connectivity index (χ2v) is 9.49. The van der Waals surface area contributed by atoms with Gasteiger partial charge in [-0.25, -0.2) is 0 Å². The van der Waals surface area contributed by atoms with E-state index in [0.717, 1.165) is 37.7 Å². The van der Waals surface area contributed by atoms with E-state index in [2.05, 4.69) is 21.9 Å². The molecule has 0 bridgehead atoms. The molecule has 1 atom stereocenters. The summed E-state index contributed by atoms with van der Waals surface area (Å²) in [5.74, 6) is 1.67. The van der Waals surface area contributed by atoms with Crippen LogP contribution in [0.1, 0.15) is 30.4 Å². The zero-order valence-corrected chi connectivity index (χ0v) is 19.9. The highest BCUT2D eigenvalue weighted by Crippen LogP contribution is 2.20. The Kier molecular flexibility index (Phi) is 8.62. The van der Waals surface area contributed by atoms with Gasteiger partial charge in [-0.3, -0.25) is 9.80 Å². The molecule has 0 radical (unpaired) electrons. The van der Waals surface area contributed by atoms with Crippen LogP contribution in [0, 0.1) is 6.92 Å². The van der Waals surface area contributed by atoms with Crippen molar-refractivity contribution >= 4 is 0 Å². The van der Waals surface area contributed by atoms with Crippen LogP contribution in [0.2, 0.25) is 0 Å². The van der Waals surface area contributed by atoms with E-state index < -0.39 is 5.60 Å². The van der Waals surface area contributed by atoms with Crippen molar-refractivity contribution in [3.05, 3.63) is 59.7 Å². The summed E-state index contributed by atoms with van der Waals surface area (Å²) in [6.07, 6.45) is 3.96. The minimum absolute atomic E-state index is 0.201. The topological polar surface area (TPSA) is 54.4 Å². The van der Waals surface area contributed by atoms with E-state index in [1.807, 2.05) is 43.3 Å². The van der Waals surface area contributed by atoms with Crippen molar-refractivity contribution in [2.24, 2.45) is 0 Å². The molecule has 2 aliphatic rings. The maximum atomic E-state index is 11.2. The maximum Gasteiger partial charge on any atom is 0.134 e. The molecule has 2 fully saturated rings. The van der Waals surface area contributed by atoms with Crippen LogP contribution in [0.3, 0.4) is 0 Å². The third-order valence-corrected chi connectivity index (χ3v) is 6.40. The normalized spacial score (nSPS) is 22.6. The number of hydrogen-bond donors (Lipinski definition) is 1. The molecule has 0 unspecified atom stereocenters. The fourth-order valence-electron chi connectivity index (χ4n) is 4.54. The van der Waals surface area contributed by atoms with E-state index in [9.17, 15) is 5.11 Å². The molecule has 1 N–H and O–H groups in total. The largest absolute Gasteiger partial charge is 0.492 e. The summed E-state index contributed by atoms with van der Waals surface area (Å²) in [5.41, 5.74) is 1.31. The van der Waals surface area contributed by atoms with Crippen molar-refractivity contribution in [2.75, 3.05) is 59.2 Å². The molecule has 0 saturated carbocycles. The molecule has 2 heterocycles. The molecule has 33 heavy (non-hydrogen) atoms. The van der Waals surface area contributed by atoms with Gasteiger partial charge >= 0.3 is 0 Å². The Morgan fingerprint density at radius 3 is 2.58 bits per heavy atom. The van der Waals surface area contributed by atoms with Gasteiger partial charge in [0.15, 0.2) is 0 Å². The zero-order chi connectivity index (χ0) is 22.9. The molecule has 2 aromatic rings. The van der Waals surface area contributed by atoms with Crippen LogP contribution in [0.5, 0.6) is 11.5 Å². The fourth-order valence-corrected chi connectivity index (χ4v) is 4.54. The van der Waals surface area contributed by atoms with Gasteiger partial charge in [0.1, 0.15) is 30.3 Å². The minimum Gasteiger partial charge on any atom is -0.492 e. The Hall–Kier alpha value is -2.12. The summed E-state index contributed by atoms with van der Waals surface area (Å²) in [4.78, 5) is 4.72. The van der Waals surface area contributed by atoms with Gasteiger partial charge in [0, 0.05) is 26.2 Å². The number of piperidine rings is 1.